The number of nitrogens with one attached hydrogen (secondary N) is 1. The molecule has 4 rings (SSSR count). The fourth-order valence-corrected chi connectivity index (χ4v) is 3.35. The molecule has 162 valence electrons. The van der Waals surface area contributed by atoms with E-state index in [0.29, 0.717) is 5.02 Å². The van der Waals surface area contributed by atoms with Crippen LogP contribution in [0, 0.1) is 5.82 Å². The Kier molecular flexibility index (Phi) is 5.82. The Morgan fingerprint density at radius 1 is 1.19 bits per heavy atom. The molecule has 0 saturated heterocycles. The van der Waals surface area contributed by atoms with Gasteiger partial charge in [0.1, 0.15) is 0 Å². The number of hydrogen-bond donors (Lipinski definition) is 1. The summed E-state index contributed by atoms with van der Waals surface area (Å²) in [5.41, 5.74) is 0.111. The van der Waals surface area contributed by atoms with Gasteiger partial charge in [-0.1, -0.05) is 23.7 Å². The van der Waals surface area contributed by atoms with E-state index in [1.165, 1.54) is 21.3 Å². The number of benzene rings is 2. The third-order valence-electron chi connectivity index (χ3n) is 4.81. The number of halogens is 2. The molecular weight excluding hydrogens is 423 g/mol. The maximum atomic E-state index is 14.4. The van der Waals surface area contributed by atoms with Crippen LogP contribution >= 0.6 is 11.6 Å². The number of rotatable bonds is 6. The van der Waals surface area contributed by atoms with Crippen LogP contribution in [0.4, 0.5) is 10.1 Å². The lowest BCUT2D eigenvalue weighted by Gasteiger charge is -2.12. The van der Waals surface area contributed by atoms with Crippen molar-refractivity contribution in [3.8, 4) is 5.75 Å². The van der Waals surface area contributed by atoms with Crippen molar-refractivity contribution in [1.82, 2.24) is 14.1 Å². The SMILES string of the molecule is CC(C)Oc1ccc(/N=c2\[nH]c(=O)n(C3CC3)c(=O)n2Cc2ccc(Cl)cc2)cc1F. The molecule has 1 aliphatic carbocycles. The van der Waals surface area contributed by atoms with E-state index in [-0.39, 0.29) is 35.7 Å². The fourth-order valence-electron chi connectivity index (χ4n) is 3.22. The lowest BCUT2D eigenvalue weighted by Crippen LogP contribution is -2.49. The van der Waals surface area contributed by atoms with Gasteiger partial charge in [-0.2, -0.15) is 0 Å². The predicted molar refractivity (Wildman–Crippen MR) is 116 cm³/mol. The van der Waals surface area contributed by atoms with Crippen LogP contribution in [-0.4, -0.2) is 20.2 Å². The summed E-state index contributed by atoms with van der Waals surface area (Å²) in [5.74, 6) is -0.464. The lowest BCUT2D eigenvalue weighted by atomic mass is 10.2. The Labute approximate surface area is 182 Å². The van der Waals surface area contributed by atoms with E-state index in [2.05, 4.69) is 9.98 Å². The zero-order chi connectivity index (χ0) is 22.1. The normalized spacial score (nSPS) is 14.3. The summed E-state index contributed by atoms with van der Waals surface area (Å²) < 4.78 is 22.4. The summed E-state index contributed by atoms with van der Waals surface area (Å²) in [6.45, 7) is 3.78. The molecule has 1 N–H and O–H groups in total. The molecule has 0 spiro atoms. The molecule has 0 bridgehead atoms. The largest absolute Gasteiger partial charge is 0.488 e. The maximum Gasteiger partial charge on any atom is 0.335 e. The first-order chi connectivity index (χ1) is 14.8. The van der Waals surface area contributed by atoms with Gasteiger partial charge in [-0.25, -0.2) is 23.5 Å². The quantitative estimate of drug-likeness (QED) is 0.631. The summed E-state index contributed by atoms with van der Waals surface area (Å²) in [4.78, 5) is 32.7. The van der Waals surface area contributed by atoms with Crippen molar-refractivity contribution in [3.63, 3.8) is 0 Å². The van der Waals surface area contributed by atoms with Crippen molar-refractivity contribution in [3.05, 3.63) is 85.5 Å². The molecule has 3 aromatic rings. The minimum absolute atomic E-state index is 0.0405. The zero-order valence-corrected chi connectivity index (χ0v) is 17.9. The van der Waals surface area contributed by atoms with Crippen LogP contribution in [0.5, 0.6) is 5.75 Å². The predicted octanol–water partition coefficient (Wildman–Crippen LogP) is 3.53. The first-order valence-corrected chi connectivity index (χ1v) is 10.4. The number of H-pyrrole nitrogens is 1. The van der Waals surface area contributed by atoms with Crippen LogP contribution in [0.1, 0.15) is 38.3 Å². The second-order valence-corrected chi connectivity index (χ2v) is 8.18. The topological polar surface area (TPSA) is 81.4 Å². The van der Waals surface area contributed by atoms with Gasteiger partial charge >= 0.3 is 11.4 Å². The van der Waals surface area contributed by atoms with Crippen molar-refractivity contribution >= 4 is 17.3 Å². The number of aromatic nitrogens is 3. The monoisotopic (exact) mass is 444 g/mol. The summed E-state index contributed by atoms with van der Waals surface area (Å²) in [6, 6.07) is 11.2. The average molecular weight is 445 g/mol. The number of aromatic amines is 1. The van der Waals surface area contributed by atoms with Crippen LogP contribution in [0.3, 0.4) is 0 Å². The molecule has 2 aromatic carbocycles. The van der Waals surface area contributed by atoms with Crippen LogP contribution in [0.2, 0.25) is 5.02 Å². The summed E-state index contributed by atoms with van der Waals surface area (Å²) in [7, 11) is 0. The van der Waals surface area contributed by atoms with Gasteiger partial charge in [0, 0.05) is 17.1 Å². The minimum Gasteiger partial charge on any atom is -0.488 e. The molecular formula is C22H22ClFN4O3. The van der Waals surface area contributed by atoms with Crippen molar-refractivity contribution in [2.75, 3.05) is 0 Å². The number of hydrogen-bond acceptors (Lipinski definition) is 4. The van der Waals surface area contributed by atoms with Crippen LogP contribution in [0.15, 0.2) is 57.0 Å². The van der Waals surface area contributed by atoms with E-state index in [4.69, 9.17) is 16.3 Å². The van der Waals surface area contributed by atoms with Gasteiger partial charge in [-0.15, -0.1) is 0 Å². The van der Waals surface area contributed by atoms with Gasteiger partial charge in [0.2, 0.25) is 5.62 Å². The van der Waals surface area contributed by atoms with E-state index in [9.17, 15) is 14.0 Å². The van der Waals surface area contributed by atoms with Crippen molar-refractivity contribution in [1.29, 1.82) is 0 Å². The van der Waals surface area contributed by atoms with Crippen molar-refractivity contribution in [2.45, 2.75) is 45.4 Å². The molecule has 7 nitrogen and oxygen atoms in total. The fraction of sp³-hybridized carbons (Fsp3) is 0.318. The Morgan fingerprint density at radius 3 is 2.52 bits per heavy atom. The maximum absolute atomic E-state index is 14.4. The third kappa shape index (κ3) is 4.80. The molecule has 1 aromatic heterocycles. The highest BCUT2D eigenvalue weighted by Gasteiger charge is 2.28. The molecule has 9 heteroatoms. The standard InChI is InChI=1S/C22H22ClFN4O3/c1-13(2)31-19-10-7-16(11-18(19)24)25-20-26-21(29)28(17-8-9-17)22(30)27(20)12-14-3-5-15(23)6-4-14/h3-7,10-11,13,17H,8-9,12H2,1-2H3,(H,25,26,29). The number of nitrogens with zero attached hydrogens (tertiary/aromatic N) is 3. The van der Waals surface area contributed by atoms with Gasteiger partial charge in [-0.05, 0) is 56.5 Å². The zero-order valence-electron chi connectivity index (χ0n) is 17.1. The van der Waals surface area contributed by atoms with Crippen molar-refractivity contribution in [2.24, 2.45) is 4.99 Å². The smallest absolute Gasteiger partial charge is 0.335 e. The van der Waals surface area contributed by atoms with Gasteiger partial charge in [-0.3, -0.25) is 9.55 Å². The molecule has 31 heavy (non-hydrogen) atoms. The molecule has 0 atom stereocenters. The molecule has 1 saturated carbocycles. The highest BCUT2D eigenvalue weighted by Crippen LogP contribution is 2.31. The Balaban J connectivity index is 1.82. The Morgan fingerprint density at radius 2 is 1.90 bits per heavy atom. The first-order valence-electron chi connectivity index (χ1n) is 10.0. The van der Waals surface area contributed by atoms with Crippen LogP contribution in [-0.2, 0) is 6.54 Å². The first kappa shape index (κ1) is 21.1. The summed E-state index contributed by atoms with van der Waals surface area (Å²) in [5, 5.41) is 0.578. The van der Waals surface area contributed by atoms with E-state index >= 15 is 0 Å². The molecule has 1 heterocycles. The molecule has 0 radical (unpaired) electrons. The second-order valence-electron chi connectivity index (χ2n) is 7.74. The molecule has 0 aliphatic heterocycles. The van der Waals surface area contributed by atoms with Crippen molar-refractivity contribution < 1.29 is 9.13 Å². The van der Waals surface area contributed by atoms with Crippen LogP contribution < -0.4 is 21.7 Å². The Bertz CT molecular complexity index is 1290. The minimum atomic E-state index is -0.576. The van der Waals surface area contributed by atoms with E-state index in [0.717, 1.165) is 18.4 Å². The number of ether oxygens (including phenoxy) is 1. The highest BCUT2D eigenvalue weighted by molar-refractivity contribution is 6.30. The Hall–Kier alpha value is -3.13. The molecule has 0 unspecified atom stereocenters. The van der Waals surface area contributed by atoms with E-state index in [1.807, 2.05) is 0 Å². The third-order valence-corrected chi connectivity index (χ3v) is 5.06. The summed E-state index contributed by atoms with van der Waals surface area (Å²) >= 11 is 5.95. The van der Waals surface area contributed by atoms with Gasteiger partial charge < -0.3 is 4.74 Å². The molecule has 1 fully saturated rings. The highest BCUT2D eigenvalue weighted by atomic mass is 35.5. The van der Waals surface area contributed by atoms with E-state index < -0.39 is 17.2 Å². The van der Waals surface area contributed by atoms with E-state index in [1.54, 1.807) is 44.2 Å². The molecule has 0 amide bonds. The van der Waals surface area contributed by atoms with Gasteiger partial charge in [0.05, 0.1) is 18.3 Å². The average Bonchev–Trinajstić information content (AvgIpc) is 3.53. The second kappa shape index (κ2) is 8.55. The lowest BCUT2D eigenvalue weighted by molar-refractivity contribution is 0.231. The summed E-state index contributed by atoms with van der Waals surface area (Å²) in [6.07, 6.45) is 1.39. The molecule has 1 aliphatic rings. The van der Waals surface area contributed by atoms with Gasteiger partial charge in [0.25, 0.3) is 0 Å². The van der Waals surface area contributed by atoms with Crippen LogP contribution in [0.25, 0.3) is 0 Å². The van der Waals surface area contributed by atoms with Gasteiger partial charge in [0.15, 0.2) is 11.6 Å².